The van der Waals surface area contributed by atoms with Gasteiger partial charge in [-0.05, 0) is 55.2 Å². The van der Waals surface area contributed by atoms with Gasteiger partial charge in [-0.1, -0.05) is 31.2 Å². The number of anilines is 1. The third-order valence-electron chi connectivity index (χ3n) is 6.80. The van der Waals surface area contributed by atoms with Gasteiger partial charge in [-0.15, -0.1) is 11.3 Å². The van der Waals surface area contributed by atoms with E-state index in [2.05, 4.69) is 9.62 Å². The van der Waals surface area contributed by atoms with Crippen LogP contribution in [-0.4, -0.2) is 75.2 Å². The van der Waals surface area contributed by atoms with E-state index >= 15 is 0 Å². The summed E-state index contributed by atoms with van der Waals surface area (Å²) in [6.07, 6.45) is -0.374. The van der Waals surface area contributed by atoms with Crippen molar-refractivity contribution >= 4 is 33.0 Å². The standard InChI is InChI=1S/C28H35N3O6S2/c1-19-15-31(20(2)18-32)28(33)23-7-5-8-24(29-39(34,35)26-9-6-14-38-26)27(23)37-25(19)17-30(3)16-21-10-12-22(36-4)13-11-21/h5-14,19-20,25,29,32H,15-18H2,1-4H3/t19-,20+,25-/m1/s1. The number of para-hydroxylation sites is 1. The normalized spacial score (nSPS) is 18.6. The number of nitrogens with zero attached hydrogens (tertiary/aromatic N) is 2. The van der Waals surface area contributed by atoms with E-state index in [1.165, 1.54) is 6.07 Å². The van der Waals surface area contributed by atoms with Crippen LogP contribution in [0.25, 0.3) is 0 Å². The molecule has 210 valence electrons. The van der Waals surface area contributed by atoms with Crippen molar-refractivity contribution < 1.29 is 27.8 Å². The molecule has 1 aromatic heterocycles. The average molecular weight is 574 g/mol. The predicted octanol–water partition coefficient (Wildman–Crippen LogP) is 3.91. The maximum atomic E-state index is 13.6. The molecule has 1 aliphatic rings. The molecule has 0 radical (unpaired) electrons. The molecule has 0 fully saturated rings. The number of rotatable bonds is 10. The van der Waals surface area contributed by atoms with Crippen LogP contribution in [0.2, 0.25) is 0 Å². The Labute approximate surface area is 234 Å². The molecule has 0 aliphatic carbocycles. The molecule has 2 aromatic carbocycles. The summed E-state index contributed by atoms with van der Waals surface area (Å²) in [4.78, 5) is 17.4. The van der Waals surface area contributed by atoms with Crippen molar-refractivity contribution in [3.63, 3.8) is 0 Å². The number of benzene rings is 2. The van der Waals surface area contributed by atoms with Crippen molar-refractivity contribution in [2.45, 2.75) is 36.7 Å². The molecule has 1 aliphatic heterocycles. The van der Waals surface area contributed by atoms with E-state index < -0.39 is 16.1 Å². The first-order chi connectivity index (χ1) is 18.6. The summed E-state index contributed by atoms with van der Waals surface area (Å²) in [5.74, 6) is 0.541. The van der Waals surface area contributed by atoms with Gasteiger partial charge in [0.1, 0.15) is 16.1 Å². The molecule has 2 N–H and O–H groups in total. The minimum Gasteiger partial charge on any atom is -0.497 e. The molecule has 3 aromatic rings. The van der Waals surface area contributed by atoms with Crippen molar-refractivity contribution in [1.29, 1.82) is 0 Å². The SMILES string of the molecule is COc1ccc(CN(C)C[C@H]2Oc3c(NS(=O)(=O)c4cccs4)cccc3C(=O)N([C@@H](C)CO)C[C@H]2C)cc1. The molecule has 9 nitrogen and oxygen atoms in total. The van der Waals surface area contributed by atoms with Crippen molar-refractivity contribution in [3.05, 3.63) is 71.1 Å². The third-order valence-corrected chi connectivity index (χ3v) is 9.56. The zero-order valence-electron chi connectivity index (χ0n) is 22.5. The van der Waals surface area contributed by atoms with E-state index in [-0.39, 0.29) is 45.7 Å². The summed E-state index contributed by atoms with van der Waals surface area (Å²) in [5.41, 5.74) is 1.55. The number of ether oxygens (including phenoxy) is 2. The van der Waals surface area contributed by atoms with Gasteiger partial charge < -0.3 is 19.5 Å². The molecule has 11 heteroatoms. The van der Waals surface area contributed by atoms with Crippen molar-refractivity contribution in [2.24, 2.45) is 5.92 Å². The lowest BCUT2D eigenvalue weighted by Gasteiger charge is -2.38. The number of hydrogen-bond acceptors (Lipinski definition) is 8. The van der Waals surface area contributed by atoms with E-state index in [1.54, 1.807) is 48.6 Å². The Morgan fingerprint density at radius 1 is 1.21 bits per heavy atom. The molecule has 0 bridgehead atoms. The highest BCUT2D eigenvalue weighted by atomic mass is 32.2. The molecule has 0 unspecified atom stereocenters. The smallest absolute Gasteiger partial charge is 0.271 e. The predicted molar refractivity (Wildman–Crippen MR) is 152 cm³/mol. The van der Waals surface area contributed by atoms with Gasteiger partial charge >= 0.3 is 0 Å². The fourth-order valence-electron chi connectivity index (χ4n) is 4.57. The van der Waals surface area contributed by atoms with Crippen LogP contribution in [0.5, 0.6) is 11.5 Å². The van der Waals surface area contributed by atoms with E-state index in [0.29, 0.717) is 19.6 Å². The van der Waals surface area contributed by atoms with Gasteiger partial charge in [-0.3, -0.25) is 14.4 Å². The molecule has 0 saturated heterocycles. The fourth-order valence-corrected chi connectivity index (χ4v) is 6.62. The van der Waals surface area contributed by atoms with Crippen LogP contribution < -0.4 is 14.2 Å². The minimum atomic E-state index is -3.87. The Kier molecular flexibility index (Phi) is 9.16. The van der Waals surface area contributed by atoms with E-state index in [0.717, 1.165) is 22.6 Å². The molecule has 0 saturated carbocycles. The second kappa shape index (κ2) is 12.4. The number of sulfonamides is 1. The van der Waals surface area contributed by atoms with Crippen LogP contribution in [0.3, 0.4) is 0 Å². The first-order valence-electron chi connectivity index (χ1n) is 12.7. The number of amides is 1. The number of carbonyl (C=O) groups excluding carboxylic acids is 1. The molecule has 1 amide bonds. The molecular weight excluding hydrogens is 538 g/mol. The monoisotopic (exact) mass is 573 g/mol. The number of nitrogens with one attached hydrogen (secondary N) is 1. The highest BCUT2D eigenvalue weighted by Crippen LogP contribution is 2.36. The number of fused-ring (bicyclic) bond motifs is 1. The van der Waals surface area contributed by atoms with Crippen LogP contribution in [-0.2, 0) is 16.6 Å². The lowest BCUT2D eigenvalue weighted by Crippen LogP contribution is -2.49. The van der Waals surface area contributed by atoms with Crippen molar-refractivity contribution in [3.8, 4) is 11.5 Å². The lowest BCUT2D eigenvalue weighted by molar-refractivity contribution is 0.0344. The molecule has 2 heterocycles. The Balaban J connectivity index is 1.67. The summed E-state index contributed by atoms with van der Waals surface area (Å²) >= 11 is 1.11. The molecule has 0 spiro atoms. The van der Waals surface area contributed by atoms with Crippen molar-refractivity contribution in [2.75, 3.05) is 38.6 Å². The van der Waals surface area contributed by atoms with Crippen LogP contribution in [0, 0.1) is 5.92 Å². The highest BCUT2D eigenvalue weighted by molar-refractivity contribution is 7.94. The largest absolute Gasteiger partial charge is 0.497 e. The zero-order valence-corrected chi connectivity index (χ0v) is 24.2. The second-order valence-electron chi connectivity index (χ2n) is 9.89. The average Bonchev–Trinajstić information content (AvgIpc) is 3.47. The Morgan fingerprint density at radius 3 is 2.59 bits per heavy atom. The van der Waals surface area contributed by atoms with Crippen LogP contribution in [0.4, 0.5) is 5.69 Å². The number of likely N-dealkylation sites (N-methyl/N-ethyl adjacent to an activating group) is 1. The molecular formula is C28H35N3O6S2. The van der Waals surface area contributed by atoms with E-state index in [1.807, 2.05) is 38.2 Å². The molecule has 4 rings (SSSR count). The third kappa shape index (κ3) is 6.73. The van der Waals surface area contributed by atoms with Crippen molar-refractivity contribution in [1.82, 2.24) is 9.80 Å². The van der Waals surface area contributed by atoms with Gasteiger partial charge in [-0.25, -0.2) is 8.42 Å². The number of aliphatic hydroxyl groups excluding tert-OH is 1. The van der Waals surface area contributed by atoms with E-state index in [4.69, 9.17) is 9.47 Å². The van der Waals surface area contributed by atoms with Crippen LogP contribution >= 0.6 is 11.3 Å². The fraction of sp³-hybridized carbons (Fsp3) is 0.393. The van der Waals surface area contributed by atoms with E-state index in [9.17, 15) is 18.3 Å². The number of carbonyl (C=O) groups is 1. The summed E-state index contributed by atoms with van der Waals surface area (Å²) in [6.45, 7) is 5.16. The topological polar surface area (TPSA) is 108 Å². The minimum absolute atomic E-state index is 0.114. The lowest BCUT2D eigenvalue weighted by atomic mass is 9.99. The zero-order chi connectivity index (χ0) is 28.2. The first kappa shape index (κ1) is 28.9. The Hall–Kier alpha value is -3.12. The van der Waals surface area contributed by atoms with Gasteiger partial charge in [0.05, 0.1) is 31.0 Å². The summed E-state index contributed by atoms with van der Waals surface area (Å²) in [5, 5.41) is 11.6. The van der Waals surface area contributed by atoms with Gasteiger partial charge in [-0.2, -0.15) is 0 Å². The van der Waals surface area contributed by atoms with Gasteiger partial charge in [0.15, 0.2) is 5.75 Å². The number of methoxy groups -OCH3 is 1. The summed E-state index contributed by atoms with van der Waals surface area (Å²) in [6, 6.07) is 15.5. The van der Waals surface area contributed by atoms with Crippen LogP contribution in [0.15, 0.2) is 64.2 Å². The summed E-state index contributed by atoms with van der Waals surface area (Å²) in [7, 11) is -0.252. The molecule has 3 atom stereocenters. The van der Waals surface area contributed by atoms with Gasteiger partial charge in [0.2, 0.25) is 0 Å². The summed E-state index contributed by atoms with van der Waals surface area (Å²) < 4.78 is 40.7. The number of thiophene rings is 1. The highest BCUT2D eigenvalue weighted by Gasteiger charge is 2.35. The number of hydrogen-bond donors (Lipinski definition) is 2. The first-order valence-corrected chi connectivity index (χ1v) is 15.1. The second-order valence-corrected chi connectivity index (χ2v) is 12.7. The Bertz CT molecular complexity index is 1360. The number of aliphatic hydroxyl groups is 1. The quantitative estimate of drug-likeness (QED) is 0.379. The molecule has 39 heavy (non-hydrogen) atoms. The van der Waals surface area contributed by atoms with Gasteiger partial charge in [0, 0.05) is 25.6 Å². The maximum absolute atomic E-state index is 13.6. The maximum Gasteiger partial charge on any atom is 0.271 e. The Morgan fingerprint density at radius 2 is 1.95 bits per heavy atom. The van der Waals surface area contributed by atoms with Crippen LogP contribution in [0.1, 0.15) is 29.8 Å². The van der Waals surface area contributed by atoms with Gasteiger partial charge in [0.25, 0.3) is 15.9 Å².